The number of hydrogen-bond donors (Lipinski definition) is 1. The molecule has 0 radical (unpaired) electrons. The van der Waals surface area contributed by atoms with Crippen molar-refractivity contribution in [1.82, 2.24) is 4.37 Å². The van der Waals surface area contributed by atoms with Crippen molar-refractivity contribution in [1.29, 1.82) is 0 Å². The zero-order valence-electron chi connectivity index (χ0n) is 6.53. The molecule has 0 aliphatic rings. The van der Waals surface area contributed by atoms with E-state index in [0.717, 1.165) is 5.52 Å². The third-order valence-corrected chi connectivity index (χ3v) is 2.73. The Labute approximate surface area is 74.6 Å². The number of aliphatic hydroxyl groups is 1. The van der Waals surface area contributed by atoms with Gasteiger partial charge in [0.15, 0.2) is 0 Å². The molecule has 0 aliphatic carbocycles. The van der Waals surface area contributed by atoms with E-state index in [2.05, 4.69) is 4.37 Å². The largest absolute Gasteiger partial charge is 0.396 e. The SMILES string of the molecule is OCCc1snc2ccccc12. The zero-order valence-corrected chi connectivity index (χ0v) is 7.34. The third-order valence-electron chi connectivity index (χ3n) is 1.80. The standard InChI is InChI=1S/C9H9NOS/c11-6-5-9-7-3-1-2-4-8(7)10-12-9/h1-4,11H,5-6H2. The number of aliphatic hydroxyl groups excluding tert-OH is 1. The minimum absolute atomic E-state index is 0.201. The average Bonchev–Trinajstić information content (AvgIpc) is 2.50. The molecule has 2 rings (SSSR count). The van der Waals surface area contributed by atoms with Gasteiger partial charge in [0.1, 0.15) is 0 Å². The Hall–Kier alpha value is -0.930. The summed E-state index contributed by atoms with van der Waals surface area (Å²) in [5, 5.41) is 9.95. The Bertz CT molecular complexity index is 383. The van der Waals surface area contributed by atoms with E-state index in [-0.39, 0.29) is 6.61 Å². The van der Waals surface area contributed by atoms with Crippen LogP contribution in [0, 0.1) is 0 Å². The van der Waals surface area contributed by atoms with Crippen molar-refractivity contribution in [2.45, 2.75) is 6.42 Å². The number of aromatic nitrogens is 1. The van der Waals surface area contributed by atoms with Gasteiger partial charge in [-0.15, -0.1) is 0 Å². The van der Waals surface area contributed by atoms with E-state index in [1.54, 1.807) is 0 Å². The van der Waals surface area contributed by atoms with Crippen LogP contribution in [0.2, 0.25) is 0 Å². The number of benzene rings is 1. The van der Waals surface area contributed by atoms with Crippen LogP contribution in [0.15, 0.2) is 24.3 Å². The van der Waals surface area contributed by atoms with Gasteiger partial charge in [-0.3, -0.25) is 0 Å². The molecule has 1 heterocycles. The van der Waals surface area contributed by atoms with Crippen molar-refractivity contribution < 1.29 is 5.11 Å². The summed E-state index contributed by atoms with van der Waals surface area (Å²) >= 11 is 1.48. The van der Waals surface area contributed by atoms with Crippen LogP contribution in [-0.4, -0.2) is 16.1 Å². The molecule has 2 aromatic rings. The fraction of sp³-hybridized carbons (Fsp3) is 0.222. The lowest BCUT2D eigenvalue weighted by molar-refractivity contribution is 0.301. The summed E-state index contributed by atoms with van der Waals surface area (Å²) in [6.45, 7) is 0.201. The molecule has 0 saturated carbocycles. The maximum Gasteiger partial charge on any atom is 0.0843 e. The van der Waals surface area contributed by atoms with Gasteiger partial charge in [0.25, 0.3) is 0 Å². The van der Waals surface area contributed by atoms with Crippen molar-refractivity contribution in [2.24, 2.45) is 0 Å². The molecule has 0 saturated heterocycles. The van der Waals surface area contributed by atoms with Crippen LogP contribution in [0.3, 0.4) is 0 Å². The van der Waals surface area contributed by atoms with Crippen LogP contribution in [0.1, 0.15) is 4.88 Å². The minimum Gasteiger partial charge on any atom is -0.396 e. The summed E-state index contributed by atoms with van der Waals surface area (Å²) in [4.78, 5) is 1.17. The second kappa shape index (κ2) is 3.21. The third kappa shape index (κ3) is 1.21. The molecule has 1 aromatic carbocycles. The molecule has 0 fully saturated rings. The second-order valence-corrected chi connectivity index (χ2v) is 3.45. The van der Waals surface area contributed by atoms with Crippen molar-refractivity contribution in [3.8, 4) is 0 Å². The maximum absolute atomic E-state index is 8.78. The molecule has 1 aromatic heterocycles. The topological polar surface area (TPSA) is 33.1 Å². The van der Waals surface area contributed by atoms with Gasteiger partial charge in [0.05, 0.1) is 5.52 Å². The number of fused-ring (bicyclic) bond motifs is 1. The molecular formula is C9H9NOS. The molecule has 62 valence electrons. The summed E-state index contributed by atoms with van der Waals surface area (Å²) < 4.78 is 4.27. The van der Waals surface area contributed by atoms with Gasteiger partial charge in [-0.1, -0.05) is 18.2 Å². The Morgan fingerprint density at radius 1 is 1.33 bits per heavy atom. The summed E-state index contributed by atoms with van der Waals surface area (Å²) in [5.41, 5.74) is 1.03. The summed E-state index contributed by atoms with van der Waals surface area (Å²) in [6, 6.07) is 8.01. The molecule has 12 heavy (non-hydrogen) atoms. The molecular weight excluding hydrogens is 170 g/mol. The molecule has 0 unspecified atom stereocenters. The lowest BCUT2D eigenvalue weighted by atomic mass is 10.2. The van der Waals surface area contributed by atoms with Gasteiger partial charge in [0, 0.05) is 23.3 Å². The van der Waals surface area contributed by atoms with E-state index in [1.807, 2.05) is 24.3 Å². The molecule has 0 amide bonds. The van der Waals surface area contributed by atoms with Gasteiger partial charge < -0.3 is 5.11 Å². The van der Waals surface area contributed by atoms with Crippen molar-refractivity contribution in [2.75, 3.05) is 6.61 Å². The highest BCUT2D eigenvalue weighted by Gasteiger charge is 2.02. The summed E-state index contributed by atoms with van der Waals surface area (Å²) in [5.74, 6) is 0. The van der Waals surface area contributed by atoms with Crippen LogP contribution in [-0.2, 0) is 6.42 Å². The maximum atomic E-state index is 8.78. The second-order valence-electron chi connectivity index (χ2n) is 2.60. The number of nitrogens with zero attached hydrogens (tertiary/aromatic N) is 1. The first-order valence-electron chi connectivity index (χ1n) is 3.86. The van der Waals surface area contributed by atoms with E-state index < -0.39 is 0 Å². The smallest absolute Gasteiger partial charge is 0.0843 e. The van der Waals surface area contributed by atoms with Crippen LogP contribution in [0.25, 0.3) is 10.9 Å². The van der Waals surface area contributed by atoms with Crippen LogP contribution in [0.5, 0.6) is 0 Å². The Morgan fingerprint density at radius 2 is 2.17 bits per heavy atom. The Morgan fingerprint density at radius 3 is 3.00 bits per heavy atom. The lowest BCUT2D eigenvalue weighted by Gasteiger charge is -1.91. The first kappa shape index (κ1) is 7.71. The number of hydrogen-bond acceptors (Lipinski definition) is 3. The van der Waals surface area contributed by atoms with E-state index in [4.69, 9.17) is 5.11 Å². The fourth-order valence-corrected chi connectivity index (χ4v) is 2.05. The predicted octanol–water partition coefficient (Wildman–Crippen LogP) is 1.83. The Balaban J connectivity index is 2.55. The van der Waals surface area contributed by atoms with E-state index >= 15 is 0 Å². The van der Waals surface area contributed by atoms with Gasteiger partial charge >= 0.3 is 0 Å². The molecule has 0 spiro atoms. The van der Waals surface area contributed by atoms with E-state index in [1.165, 1.54) is 21.8 Å². The van der Waals surface area contributed by atoms with E-state index in [9.17, 15) is 0 Å². The van der Waals surface area contributed by atoms with Crippen LogP contribution >= 0.6 is 11.5 Å². The highest BCUT2D eigenvalue weighted by atomic mass is 32.1. The molecule has 1 N–H and O–H groups in total. The molecule has 0 aliphatic heterocycles. The highest BCUT2D eigenvalue weighted by Crippen LogP contribution is 2.21. The van der Waals surface area contributed by atoms with E-state index in [0.29, 0.717) is 6.42 Å². The molecule has 3 heteroatoms. The minimum atomic E-state index is 0.201. The Kier molecular flexibility index (Phi) is 2.06. The normalized spacial score (nSPS) is 10.8. The summed E-state index contributed by atoms with van der Waals surface area (Å²) in [7, 11) is 0. The quantitative estimate of drug-likeness (QED) is 0.763. The van der Waals surface area contributed by atoms with Crippen LogP contribution < -0.4 is 0 Å². The van der Waals surface area contributed by atoms with Gasteiger partial charge in [-0.05, 0) is 17.6 Å². The zero-order chi connectivity index (χ0) is 8.39. The molecule has 0 atom stereocenters. The fourth-order valence-electron chi connectivity index (χ4n) is 1.22. The van der Waals surface area contributed by atoms with Gasteiger partial charge in [-0.25, -0.2) is 0 Å². The highest BCUT2D eigenvalue weighted by molar-refractivity contribution is 7.07. The lowest BCUT2D eigenvalue weighted by Crippen LogP contribution is -1.86. The first-order chi connectivity index (χ1) is 5.92. The summed E-state index contributed by atoms with van der Waals surface area (Å²) in [6.07, 6.45) is 0.713. The van der Waals surface area contributed by atoms with Crippen molar-refractivity contribution in [3.05, 3.63) is 29.1 Å². The van der Waals surface area contributed by atoms with Crippen molar-refractivity contribution in [3.63, 3.8) is 0 Å². The van der Waals surface area contributed by atoms with Gasteiger partial charge in [0.2, 0.25) is 0 Å². The first-order valence-corrected chi connectivity index (χ1v) is 4.63. The van der Waals surface area contributed by atoms with Gasteiger partial charge in [-0.2, -0.15) is 4.37 Å². The van der Waals surface area contributed by atoms with Crippen LogP contribution in [0.4, 0.5) is 0 Å². The predicted molar refractivity (Wildman–Crippen MR) is 50.4 cm³/mol. The molecule has 0 bridgehead atoms. The average molecular weight is 179 g/mol. The van der Waals surface area contributed by atoms with Crippen molar-refractivity contribution >= 4 is 22.4 Å². The number of rotatable bonds is 2. The molecule has 2 nitrogen and oxygen atoms in total. The monoisotopic (exact) mass is 179 g/mol.